The first-order valence-corrected chi connectivity index (χ1v) is 7.21. The first-order valence-electron chi connectivity index (χ1n) is 6.46. The van der Waals surface area contributed by atoms with Crippen molar-refractivity contribution in [3.8, 4) is 6.07 Å². The van der Waals surface area contributed by atoms with E-state index in [0.717, 1.165) is 0 Å². The number of hydrogen-bond donors (Lipinski definition) is 1. The van der Waals surface area contributed by atoms with E-state index in [4.69, 9.17) is 34.2 Å². The van der Waals surface area contributed by atoms with Crippen molar-refractivity contribution in [1.82, 2.24) is 4.90 Å². The average Bonchev–Trinajstić information content (AvgIpc) is 2.82. The van der Waals surface area contributed by atoms with Gasteiger partial charge in [0, 0.05) is 16.5 Å². The van der Waals surface area contributed by atoms with Gasteiger partial charge in [-0.3, -0.25) is 4.79 Å². The number of alkyl halides is 1. The summed E-state index contributed by atoms with van der Waals surface area (Å²) >= 11 is 11.8. The number of halogens is 3. The van der Waals surface area contributed by atoms with Gasteiger partial charge in [0.15, 0.2) is 0 Å². The maximum Gasteiger partial charge on any atom is 0.241 e. The van der Waals surface area contributed by atoms with Crippen molar-refractivity contribution in [2.45, 2.75) is 31.1 Å². The molecule has 4 nitrogen and oxygen atoms in total. The van der Waals surface area contributed by atoms with Gasteiger partial charge in [0.2, 0.25) is 5.91 Å². The van der Waals surface area contributed by atoms with Gasteiger partial charge >= 0.3 is 0 Å². The molecule has 0 spiro atoms. The minimum atomic E-state index is -1.18. The fourth-order valence-corrected chi connectivity index (χ4v) is 2.86. The van der Waals surface area contributed by atoms with Crippen LogP contribution in [-0.4, -0.2) is 35.6 Å². The van der Waals surface area contributed by atoms with E-state index < -0.39 is 24.2 Å². The minimum Gasteiger partial charge on any atom is -0.322 e. The van der Waals surface area contributed by atoms with Crippen molar-refractivity contribution in [3.63, 3.8) is 0 Å². The van der Waals surface area contributed by atoms with Crippen molar-refractivity contribution < 1.29 is 9.18 Å². The molecule has 0 bridgehead atoms. The van der Waals surface area contributed by atoms with Crippen LogP contribution in [0.25, 0.3) is 0 Å². The van der Waals surface area contributed by atoms with Crippen molar-refractivity contribution in [1.29, 1.82) is 5.26 Å². The second kappa shape index (κ2) is 6.61. The fraction of sp³-hybridized carbons (Fsp3) is 0.429. The lowest BCUT2D eigenvalue weighted by Crippen LogP contribution is -2.46. The van der Waals surface area contributed by atoms with Gasteiger partial charge in [-0.15, -0.1) is 0 Å². The summed E-state index contributed by atoms with van der Waals surface area (Å²) in [4.78, 5) is 13.5. The molecule has 2 rings (SSSR count). The number of amides is 1. The Bertz CT molecular complexity index is 590. The smallest absolute Gasteiger partial charge is 0.241 e. The summed E-state index contributed by atoms with van der Waals surface area (Å²) in [6.45, 7) is -0.0842. The number of carbonyl (C=O) groups is 1. The summed E-state index contributed by atoms with van der Waals surface area (Å²) in [5.41, 5.74) is 6.57. The summed E-state index contributed by atoms with van der Waals surface area (Å²) < 4.78 is 13.3. The molecule has 1 saturated heterocycles. The lowest BCUT2D eigenvalue weighted by molar-refractivity contribution is -0.132. The van der Waals surface area contributed by atoms with Crippen molar-refractivity contribution in [2.75, 3.05) is 6.54 Å². The molecular formula is C14H14Cl2FN3O. The third-order valence-electron chi connectivity index (χ3n) is 3.45. The van der Waals surface area contributed by atoms with Crippen LogP contribution < -0.4 is 5.73 Å². The van der Waals surface area contributed by atoms with Gasteiger partial charge in [0.1, 0.15) is 12.2 Å². The van der Waals surface area contributed by atoms with Crippen LogP contribution >= 0.6 is 23.2 Å². The van der Waals surface area contributed by atoms with E-state index in [1.54, 1.807) is 18.2 Å². The van der Waals surface area contributed by atoms with Crippen LogP contribution in [0.15, 0.2) is 18.2 Å². The number of nitrogens with zero attached hydrogens (tertiary/aromatic N) is 2. The zero-order valence-electron chi connectivity index (χ0n) is 11.1. The van der Waals surface area contributed by atoms with Gasteiger partial charge in [0.25, 0.3) is 0 Å². The van der Waals surface area contributed by atoms with E-state index in [2.05, 4.69) is 0 Å². The summed E-state index contributed by atoms with van der Waals surface area (Å²) in [6, 6.07) is 5.23. The predicted octanol–water partition coefficient (Wildman–Crippen LogP) is 2.33. The van der Waals surface area contributed by atoms with Crippen molar-refractivity contribution in [2.24, 2.45) is 5.73 Å². The standard InChI is InChI=1S/C14H14Cl2FN3O/c15-9-2-1-8(12(16)4-9)3-13(19)14(21)20-7-10(17)5-11(20)6-18/h1-2,4,10-11,13H,3,5,7,19H2/t10-,11-,13-/m0/s1. The van der Waals surface area contributed by atoms with E-state index >= 15 is 0 Å². The van der Waals surface area contributed by atoms with Crippen LogP contribution in [0.4, 0.5) is 4.39 Å². The second-order valence-corrected chi connectivity index (χ2v) is 5.86. The highest BCUT2D eigenvalue weighted by Crippen LogP contribution is 2.24. The molecular weight excluding hydrogens is 316 g/mol. The SMILES string of the molecule is N#C[C@@H]1C[C@H](F)CN1C(=O)[C@@H](N)Cc1ccc(Cl)cc1Cl. The van der Waals surface area contributed by atoms with E-state index in [0.29, 0.717) is 15.6 Å². The lowest BCUT2D eigenvalue weighted by atomic mass is 10.1. The zero-order valence-corrected chi connectivity index (χ0v) is 12.6. The Morgan fingerprint density at radius 1 is 1.57 bits per heavy atom. The zero-order chi connectivity index (χ0) is 15.6. The molecule has 1 aliphatic rings. The number of nitriles is 1. The monoisotopic (exact) mass is 329 g/mol. The van der Waals surface area contributed by atoms with Crippen LogP contribution in [0, 0.1) is 11.3 Å². The predicted molar refractivity (Wildman–Crippen MR) is 78.8 cm³/mol. The van der Waals surface area contributed by atoms with Gasteiger partial charge in [-0.05, 0) is 24.1 Å². The quantitative estimate of drug-likeness (QED) is 0.925. The van der Waals surface area contributed by atoms with E-state index in [1.165, 1.54) is 4.90 Å². The summed E-state index contributed by atoms with van der Waals surface area (Å²) in [5, 5.41) is 9.88. The number of nitrogens with two attached hydrogens (primary N) is 1. The molecule has 0 saturated carbocycles. The maximum atomic E-state index is 13.3. The molecule has 3 atom stereocenters. The van der Waals surface area contributed by atoms with Crippen molar-refractivity contribution >= 4 is 29.1 Å². The number of rotatable bonds is 3. The number of likely N-dealkylation sites (tertiary alicyclic amines) is 1. The minimum absolute atomic E-state index is 0.0384. The number of benzene rings is 1. The fourth-order valence-electron chi connectivity index (χ4n) is 2.38. The summed E-state index contributed by atoms with van der Waals surface area (Å²) in [6.07, 6.45) is -0.929. The Balaban J connectivity index is 2.08. The van der Waals surface area contributed by atoms with Crippen molar-refractivity contribution in [3.05, 3.63) is 33.8 Å². The van der Waals surface area contributed by atoms with E-state index in [-0.39, 0.29) is 19.4 Å². The normalized spacial score (nSPS) is 22.9. The van der Waals surface area contributed by atoms with Crippen LogP contribution in [0.3, 0.4) is 0 Å². The highest BCUT2D eigenvalue weighted by molar-refractivity contribution is 6.35. The molecule has 21 heavy (non-hydrogen) atoms. The summed E-state index contributed by atoms with van der Waals surface area (Å²) in [7, 11) is 0. The van der Waals surface area contributed by atoms with Crippen LogP contribution in [-0.2, 0) is 11.2 Å². The van der Waals surface area contributed by atoms with Gasteiger partial charge in [-0.1, -0.05) is 29.3 Å². The van der Waals surface area contributed by atoms with Crippen LogP contribution in [0.2, 0.25) is 10.0 Å². The van der Waals surface area contributed by atoms with Crippen LogP contribution in [0.1, 0.15) is 12.0 Å². The lowest BCUT2D eigenvalue weighted by Gasteiger charge is -2.23. The molecule has 1 fully saturated rings. The molecule has 1 aliphatic heterocycles. The largest absolute Gasteiger partial charge is 0.322 e. The Hall–Kier alpha value is -1.35. The topological polar surface area (TPSA) is 70.1 Å². The first-order chi connectivity index (χ1) is 9.92. The Morgan fingerprint density at radius 2 is 2.29 bits per heavy atom. The Labute approximate surface area is 132 Å². The molecule has 1 aromatic carbocycles. The molecule has 112 valence electrons. The van der Waals surface area contributed by atoms with E-state index in [9.17, 15) is 9.18 Å². The second-order valence-electron chi connectivity index (χ2n) is 5.01. The molecule has 1 heterocycles. The molecule has 2 N–H and O–H groups in total. The number of hydrogen-bond acceptors (Lipinski definition) is 3. The van der Waals surface area contributed by atoms with Gasteiger partial charge in [-0.2, -0.15) is 5.26 Å². The first kappa shape index (κ1) is 16.0. The highest BCUT2D eigenvalue weighted by atomic mass is 35.5. The average molecular weight is 330 g/mol. The maximum absolute atomic E-state index is 13.3. The molecule has 7 heteroatoms. The molecule has 1 amide bonds. The Kier molecular flexibility index (Phi) is 5.04. The molecule has 1 aromatic rings. The van der Waals surface area contributed by atoms with Gasteiger partial charge in [-0.25, -0.2) is 4.39 Å². The third-order valence-corrected chi connectivity index (χ3v) is 4.04. The Morgan fingerprint density at radius 3 is 2.90 bits per heavy atom. The van der Waals surface area contributed by atoms with Gasteiger partial charge in [0.05, 0.1) is 18.7 Å². The van der Waals surface area contributed by atoms with E-state index in [1.807, 2.05) is 6.07 Å². The molecule has 0 aliphatic carbocycles. The molecule has 0 unspecified atom stereocenters. The molecule has 0 aromatic heterocycles. The summed E-state index contributed by atoms with van der Waals surface area (Å²) in [5.74, 6) is -0.437. The molecule has 0 radical (unpaired) electrons. The van der Waals surface area contributed by atoms with Gasteiger partial charge < -0.3 is 10.6 Å². The highest BCUT2D eigenvalue weighted by Gasteiger charge is 2.37. The van der Waals surface area contributed by atoms with Crippen LogP contribution in [0.5, 0.6) is 0 Å². The third kappa shape index (κ3) is 3.65. The number of carbonyl (C=O) groups excluding carboxylic acids is 1.